The van der Waals surface area contributed by atoms with Crippen LogP contribution in [0.25, 0.3) is 18.2 Å². The Balaban J connectivity index is 1.02. The van der Waals surface area contributed by atoms with Gasteiger partial charge in [0.05, 0.1) is 5.76 Å². The smallest absolute Gasteiger partial charge is 0.134 e. The lowest BCUT2D eigenvalue weighted by Crippen LogP contribution is -2.35. The highest BCUT2D eigenvalue weighted by Crippen LogP contribution is 2.51. The summed E-state index contributed by atoms with van der Waals surface area (Å²) < 4.78 is 13.7. The minimum Gasteiger partial charge on any atom is -0.490 e. The predicted molar refractivity (Wildman–Crippen MR) is 212 cm³/mol. The Morgan fingerprint density at radius 2 is 1.67 bits per heavy atom. The van der Waals surface area contributed by atoms with Gasteiger partial charge in [0.25, 0.3) is 0 Å². The van der Waals surface area contributed by atoms with Crippen LogP contribution in [0.15, 0.2) is 92.2 Å². The van der Waals surface area contributed by atoms with Crippen LogP contribution < -0.4 is 10.6 Å². The number of hydrogen-bond donors (Lipinski definition) is 0. The fraction of sp³-hybridized carbons (Fsp3) is 0.551. The van der Waals surface area contributed by atoms with E-state index < -0.39 is 0 Å². The molecule has 7 atom stereocenters. The van der Waals surface area contributed by atoms with Gasteiger partial charge in [0.1, 0.15) is 17.3 Å². The molecular formula is C49H60O2. The molecule has 0 saturated carbocycles. The van der Waals surface area contributed by atoms with Gasteiger partial charge in [0, 0.05) is 35.1 Å². The van der Waals surface area contributed by atoms with E-state index >= 15 is 0 Å². The fourth-order valence-corrected chi connectivity index (χ4v) is 11.6. The van der Waals surface area contributed by atoms with E-state index in [2.05, 4.69) is 80.7 Å². The molecule has 9 rings (SSSR count). The summed E-state index contributed by atoms with van der Waals surface area (Å²) in [5.41, 5.74) is 12.5. The first-order valence-electron chi connectivity index (χ1n) is 21.2. The van der Waals surface area contributed by atoms with Crippen molar-refractivity contribution >= 4 is 18.2 Å². The summed E-state index contributed by atoms with van der Waals surface area (Å²) in [6.45, 7) is 4.77. The second-order valence-electron chi connectivity index (χ2n) is 17.1. The Kier molecular flexibility index (Phi) is 9.63. The maximum atomic E-state index is 6.96. The summed E-state index contributed by atoms with van der Waals surface area (Å²) >= 11 is 0. The summed E-state index contributed by atoms with van der Waals surface area (Å²) in [7, 11) is 0. The Labute approximate surface area is 307 Å². The molecule has 0 aromatic carbocycles. The van der Waals surface area contributed by atoms with Crippen LogP contribution in [-0.4, -0.2) is 6.10 Å². The molecule has 2 nitrogen and oxygen atoms in total. The molecule has 0 spiro atoms. The van der Waals surface area contributed by atoms with Crippen LogP contribution in [-0.2, 0) is 11.2 Å². The van der Waals surface area contributed by atoms with E-state index in [1.165, 1.54) is 118 Å². The zero-order chi connectivity index (χ0) is 34.3. The molecular weight excluding hydrogens is 621 g/mol. The molecule has 0 fully saturated rings. The van der Waals surface area contributed by atoms with Gasteiger partial charge >= 0.3 is 0 Å². The van der Waals surface area contributed by atoms with Crippen molar-refractivity contribution in [3.63, 3.8) is 0 Å². The molecule has 0 bridgehead atoms. The molecule has 0 radical (unpaired) electrons. The topological polar surface area (TPSA) is 22.4 Å². The summed E-state index contributed by atoms with van der Waals surface area (Å²) in [6, 6.07) is 0. The molecule has 0 amide bonds. The van der Waals surface area contributed by atoms with Gasteiger partial charge < -0.3 is 9.15 Å². The number of rotatable bonds is 9. The average molecular weight is 681 g/mol. The van der Waals surface area contributed by atoms with Gasteiger partial charge in [0.2, 0.25) is 0 Å². The number of furan rings is 1. The minimum absolute atomic E-state index is 0.0764. The van der Waals surface area contributed by atoms with Gasteiger partial charge in [-0.1, -0.05) is 98.1 Å². The van der Waals surface area contributed by atoms with Gasteiger partial charge in [-0.2, -0.15) is 0 Å². The number of allylic oxidation sites excluding steroid dienone is 14. The highest BCUT2D eigenvalue weighted by atomic mass is 16.5. The van der Waals surface area contributed by atoms with Crippen LogP contribution in [0.5, 0.6) is 0 Å². The third kappa shape index (κ3) is 6.42. The van der Waals surface area contributed by atoms with Crippen LogP contribution in [0.2, 0.25) is 0 Å². The second-order valence-corrected chi connectivity index (χ2v) is 17.1. The molecule has 7 aliphatic carbocycles. The van der Waals surface area contributed by atoms with Crippen molar-refractivity contribution in [2.75, 3.05) is 0 Å². The van der Waals surface area contributed by atoms with Crippen molar-refractivity contribution in [2.45, 2.75) is 136 Å². The Hall–Kier alpha value is -3.26. The molecule has 1 aliphatic heterocycles. The van der Waals surface area contributed by atoms with Gasteiger partial charge in [-0.15, -0.1) is 0 Å². The summed E-state index contributed by atoms with van der Waals surface area (Å²) in [4.78, 5) is 0. The largest absolute Gasteiger partial charge is 0.490 e. The van der Waals surface area contributed by atoms with E-state index in [-0.39, 0.29) is 6.10 Å². The molecule has 51 heavy (non-hydrogen) atoms. The maximum absolute atomic E-state index is 6.96. The Morgan fingerprint density at radius 3 is 2.49 bits per heavy atom. The van der Waals surface area contributed by atoms with Crippen molar-refractivity contribution in [1.82, 2.24) is 0 Å². The van der Waals surface area contributed by atoms with Gasteiger partial charge in [-0.05, 0) is 143 Å². The van der Waals surface area contributed by atoms with E-state index in [9.17, 15) is 0 Å². The zero-order valence-electron chi connectivity index (χ0n) is 31.4. The monoisotopic (exact) mass is 680 g/mol. The highest BCUT2D eigenvalue weighted by Gasteiger charge is 2.44. The molecule has 0 N–H and O–H groups in total. The lowest BCUT2D eigenvalue weighted by Gasteiger charge is -2.37. The van der Waals surface area contributed by atoms with E-state index in [1.54, 1.807) is 11.1 Å². The molecule has 8 aliphatic rings. The van der Waals surface area contributed by atoms with E-state index in [1.807, 2.05) is 11.1 Å². The van der Waals surface area contributed by atoms with Gasteiger partial charge in [-0.25, -0.2) is 0 Å². The number of hydrogen-bond acceptors (Lipinski definition) is 2. The Bertz CT molecular complexity index is 1890. The first-order chi connectivity index (χ1) is 25.2. The van der Waals surface area contributed by atoms with E-state index in [0.717, 1.165) is 42.8 Å². The lowest BCUT2D eigenvalue weighted by atomic mass is 9.68. The molecule has 1 aromatic heterocycles. The first kappa shape index (κ1) is 33.6. The van der Waals surface area contributed by atoms with Crippen molar-refractivity contribution < 1.29 is 9.15 Å². The van der Waals surface area contributed by atoms with Crippen LogP contribution in [0.3, 0.4) is 0 Å². The highest BCUT2D eigenvalue weighted by molar-refractivity contribution is 5.65. The molecule has 2 heterocycles. The van der Waals surface area contributed by atoms with Crippen LogP contribution >= 0.6 is 0 Å². The van der Waals surface area contributed by atoms with E-state index in [4.69, 9.17) is 9.15 Å². The molecule has 7 unspecified atom stereocenters. The van der Waals surface area contributed by atoms with Crippen molar-refractivity contribution in [1.29, 1.82) is 0 Å². The predicted octanol–water partition coefficient (Wildman–Crippen LogP) is 11.7. The molecule has 268 valence electrons. The van der Waals surface area contributed by atoms with Crippen LogP contribution in [0.4, 0.5) is 0 Å². The Morgan fingerprint density at radius 1 is 0.784 bits per heavy atom. The number of ether oxygens (including phenoxy) is 1. The summed E-state index contributed by atoms with van der Waals surface area (Å²) in [6.07, 6.45) is 49.1. The molecule has 2 heteroatoms. The summed E-state index contributed by atoms with van der Waals surface area (Å²) in [5.74, 6) is 6.18. The third-order valence-corrected chi connectivity index (χ3v) is 14.3. The summed E-state index contributed by atoms with van der Waals surface area (Å²) in [5, 5.41) is 1.37. The average Bonchev–Trinajstić information content (AvgIpc) is 3.72. The first-order valence-corrected chi connectivity index (χ1v) is 21.2. The third-order valence-electron chi connectivity index (χ3n) is 14.3. The SMILES string of the molecule is CCCC1Cc2c(oc3c2=CC2C4=C(CC(C5=CC=CCC5)C(CCC5=C(C6C=CCCC6CC)CCCC5)C4)OC2C=3)C=C1C1=CC=CCC1. The number of fused-ring (bicyclic) bond motifs is 5. The minimum atomic E-state index is 0.0764. The second kappa shape index (κ2) is 14.6. The van der Waals surface area contributed by atoms with E-state index in [0.29, 0.717) is 29.6 Å². The maximum Gasteiger partial charge on any atom is 0.134 e. The van der Waals surface area contributed by atoms with Crippen molar-refractivity contribution in [3.05, 3.63) is 110 Å². The fourth-order valence-electron chi connectivity index (χ4n) is 11.6. The quantitative estimate of drug-likeness (QED) is 0.242. The van der Waals surface area contributed by atoms with Crippen molar-refractivity contribution in [2.24, 2.45) is 35.5 Å². The van der Waals surface area contributed by atoms with Crippen LogP contribution in [0.1, 0.15) is 134 Å². The molecule has 0 saturated heterocycles. The standard InChI is InChI=1S/C49H60O2/c1-3-15-36-26-42-44-28-45-43-27-37(25-24-35-21-12-14-23-39(35)38-22-13-11-16-32(38)4-2)41(34-19-9-6-10-20-34)30-47(43)51-49(45)31-48(44)50-46(42)29-40(36)33-17-7-5-8-18-33/h5-7,9,13,17,19,22,28-29,31-32,36-38,41,45,49H,3-4,8,10-12,14-16,18,20-21,23-27,30H2,1-2H3. The van der Waals surface area contributed by atoms with Crippen molar-refractivity contribution in [3.8, 4) is 0 Å². The molecule has 1 aromatic rings. The normalized spacial score (nSPS) is 32.5. The van der Waals surface area contributed by atoms with Gasteiger partial charge in [0.15, 0.2) is 0 Å². The van der Waals surface area contributed by atoms with Gasteiger partial charge in [-0.3, -0.25) is 0 Å². The van der Waals surface area contributed by atoms with Crippen LogP contribution in [0, 0.1) is 35.5 Å². The zero-order valence-corrected chi connectivity index (χ0v) is 31.4. The lowest BCUT2D eigenvalue weighted by molar-refractivity contribution is 0.158.